The molecular formula is C20H22Cl2N2O3S. The minimum atomic E-state index is -3.65. The van der Waals surface area contributed by atoms with Crippen LogP contribution < -0.4 is 5.32 Å². The van der Waals surface area contributed by atoms with E-state index in [0.717, 1.165) is 25.7 Å². The number of nitrogens with one attached hydrogen (secondary N) is 1. The zero-order valence-corrected chi connectivity index (χ0v) is 17.9. The van der Waals surface area contributed by atoms with Crippen molar-refractivity contribution >= 4 is 44.8 Å². The fourth-order valence-electron chi connectivity index (χ4n) is 3.27. The fourth-order valence-corrected chi connectivity index (χ4v) is 5.56. The van der Waals surface area contributed by atoms with Gasteiger partial charge in [0.15, 0.2) is 0 Å². The Kier molecular flexibility index (Phi) is 6.65. The molecule has 1 aliphatic rings. The van der Waals surface area contributed by atoms with Crippen LogP contribution in [0.1, 0.15) is 41.6 Å². The molecule has 28 heavy (non-hydrogen) atoms. The summed E-state index contributed by atoms with van der Waals surface area (Å²) in [6.07, 6.45) is 3.78. The molecule has 1 amide bonds. The first-order valence-corrected chi connectivity index (χ1v) is 11.4. The predicted molar refractivity (Wildman–Crippen MR) is 113 cm³/mol. The molecule has 1 aliphatic heterocycles. The minimum Gasteiger partial charge on any atom is -0.322 e. The summed E-state index contributed by atoms with van der Waals surface area (Å²) < 4.78 is 27.8. The summed E-state index contributed by atoms with van der Waals surface area (Å²) in [5.41, 5.74) is 1.32. The van der Waals surface area contributed by atoms with Crippen molar-refractivity contribution in [3.05, 3.63) is 57.6 Å². The summed E-state index contributed by atoms with van der Waals surface area (Å²) >= 11 is 11.9. The molecule has 1 heterocycles. The molecule has 0 radical (unpaired) electrons. The zero-order valence-electron chi connectivity index (χ0n) is 15.5. The smallest absolute Gasteiger partial charge is 0.255 e. The fraction of sp³-hybridized carbons (Fsp3) is 0.350. The van der Waals surface area contributed by atoms with E-state index < -0.39 is 15.9 Å². The van der Waals surface area contributed by atoms with Crippen LogP contribution in [-0.4, -0.2) is 31.7 Å². The van der Waals surface area contributed by atoms with Crippen LogP contribution in [0.25, 0.3) is 0 Å². The molecular weight excluding hydrogens is 419 g/mol. The summed E-state index contributed by atoms with van der Waals surface area (Å²) in [6.45, 7) is 2.77. The molecule has 8 heteroatoms. The molecule has 3 rings (SSSR count). The molecule has 0 spiro atoms. The maximum atomic E-state index is 13.1. The van der Waals surface area contributed by atoms with Crippen LogP contribution in [0.3, 0.4) is 0 Å². The van der Waals surface area contributed by atoms with E-state index >= 15 is 0 Å². The van der Waals surface area contributed by atoms with Gasteiger partial charge in [0.2, 0.25) is 10.0 Å². The Morgan fingerprint density at radius 1 is 0.964 bits per heavy atom. The molecule has 0 bridgehead atoms. The van der Waals surface area contributed by atoms with Crippen LogP contribution in [0.15, 0.2) is 41.3 Å². The molecule has 0 atom stereocenters. The molecule has 2 aromatic rings. The predicted octanol–water partition coefficient (Wildman–Crippen LogP) is 5.12. The van der Waals surface area contributed by atoms with E-state index in [2.05, 4.69) is 5.32 Å². The Labute approximate surface area is 175 Å². The van der Waals surface area contributed by atoms with Crippen molar-refractivity contribution in [2.45, 2.75) is 37.5 Å². The quantitative estimate of drug-likeness (QED) is 0.716. The molecule has 1 fully saturated rings. The van der Waals surface area contributed by atoms with Crippen LogP contribution >= 0.6 is 23.2 Å². The average Bonchev–Trinajstić information content (AvgIpc) is 2.91. The van der Waals surface area contributed by atoms with Gasteiger partial charge in [0.05, 0.1) is 4.90 Å². The second kappa shape index (κ2) is 8.82. The van der Waals surface area contributed by atoms with Gasteiger partial charge >= 0.3 is 0 Å². The Bertz CT molecular complexity index is 965. The van der Waals surface area contributed by atoms with Gasteiger partial charge in [-0.1, -0.05) is 42.1 Å². The standard InChI is InChI=1S/C20H22Cl2N2O3S/c1-14-6-7-15(20(25)23-18-12-16(21)11-17(22)13-18)10-19(14)28(26,27)24-8-4-2-3-5-9-24/h6-7,10-13H,2-5,8-9H2,1H3,(H,23,25). The van der Waals surface area contributed by atoms with E-state index in [0.29, 0.717) is 34.4 Å². The lowest BCUT2D eigenvalue weighted by Crippen LogP contribution is -2.32. The van der Waals surface area contributed by atoms with E-state index in [-0.39, 0.29) is 10.5 Å². The van der Waals surface area contributed by atoms with Gasteiger partial charge in [0.1, 0.15) is 0 Å². The van der Waals surface area contributed by atoms with Crippen LogP contribution in [0, 0.1) is 6.92 Å². The third kappa shape index (κ3) is 4.87. The molecule has 0 unspecified atom stereocenters. The summed E-state index contributed by atoms with van der Waals surface area (Å²) in [4.78, 5) is 12.8. The van der Waals surface area contributed by atoms with Crippen LogP contribution in [0.5, 0.6) is 0 Å². The number of hydrogen-bond acceptors (Lipinski definition) is 3. The highest BCUT2D eigenvalue weighted by Crippen LogP contribution is 2.26. The second-order valence-corrected chi connectivity index (χ2v) is 9.69. The number of rotatable bonds is 4. The van der Waals surface area contributed by atoms with Crippen LogP contribution in [0.4, 0.5) is 5.69 Å². The number of carbonyl (C=O) groups is 1. The zero-order chi connectivity index (χ0) is 20.3. The lowest BCUT2D eigenvalue weighted by atomic mass is 10.1. The first-order valence-electron chi connectivity index (χ1n) is 9.15. The summed E-state index contributed by atoms with van der Waals surface area (Å²) in [5.74, 6) is -0.425. The van der Waals surface area contributed by atoms with E-state index in [1.807, 2.05) is 0 Å². The molecule has 2 aromatic carbocycles. The van der Waals surface area contributed by atoms with Gasteiger partial charge in [-0.2, -0.15) is 4.31 Å². The highest BCUT2D eigenvalue weighted by atomic mass is 35.5. The lowest BCUT2D eigenvalue weighted by Gasteiger charge is -2.21. The van der Waals surface area contributed by atoms with Crippen molar-refractivity contribution in [3.63, 3.8) is 0 Å². The summed E-state index contributed by atoms with van der Waals surface area (Å²) in [5, 5.41) is 3.51. The van der Waals surface area contributed by atoms with Gasteiger partial charge in [-0.05, 0) is 55.7 Å². The largest absolute Gasteiger partial charge is 0.322 e. The average molecular weight is 441 g/mol. The molecule has 1 saturated heterocycles. The van der Waals surface area contributed by atoms with Gasteiger partial charge in [-0.15, -0.1) is 0 Å². The highest BCUT2D eigenvalue weighted by molar-refractivity contribution is 7.89. The molecule has 0 saturated carbocycles. The number of benzene rings is 2. The normalized spacial score (nSPS) is 15.8. The molecule has 5 nitrogen and oxygen atoms in total. The van der Waals surface area contributed by atoms with E-state index in [4.69, 9.17) is 23.2 Å². The molecule has 0 aliphatic carbocycles. The number of nitrogens with zero attached hydrogens (tertiary/aromatic N) is 1. The number of carbonyl (C=O) groups excluding carboxylic acids is 1. The summed E-state index contributed by atoms with van der Waals surface area (Å²) in [7, 11) is -3.65. The van der Waals surface area contributed by atoms with Crippen LogP contribution in [-0.2, 0) is 10.0 Å². The Morgan fingerprint density at radius 3 is 2.18 bits per heavy atom. The van der Waals surface area contributed by atoms with Crippen LogP contribution in [0.2, 0.25) is 10.0 Å². The van der Waals surface area contributed by atoms with Crippen molar-refractivity contribution in [1.29, 1.82) is 0 Å². The van der Waals surface area contributed by atoms with Crippen molar-refractivity contribution in [2.75, 3.05) is 18.4 Å². The number of hydrogen-bond donors (Lipinski definition) is 1. The third-order valence-corrected chi connectivity index (χ3v) is 7.23. The summed E-state index contributed by atoms with van der Waals surface area (Å²) in [6, 6.07) is 9.43. The van der Waals surface area contributed by atoms with Crippen molar-refractivity contribution < 1.29 is 13.2 Å². The van der Waals surface area contributed by atoms with Gasteiger partial charge in [-0.3, -0.25) is 4.79 Å². The second-order valence-electron chi connectivity index (χ2n) is 6.91. The first-order chi connectivity index (χ1) is 13.3. The maximum Gasteiger partial charge on any atom is 0.255 e. The number of aryl methyl sites for hydroxylation is 1. The first kappa shape index (κ1) is 21.1. The molecule has 0 aromatic heterocycles. The minimum absolute atomic E-state index is 0.172. The van der Waals surface area contributed by atoms with Gasteiger partial charge in [-0.25, -0.2) is 8.42 Å². The molecule has 150 valence electrons. The Morgan fingerprint density at radius 2 is 1.57 bits per heavy atom. The topological polar surface area (TPSA) is 66.5 Å². The monoisotopic (exact) mass is 440 g/mol. The van der Waals surface area contributed by atoms with Crippen molar-refractivity contribution in [3.8, 4) is 0 Å². The maximum absolute atomic E-state index is 13.1. The van der Waals surface area contributed by atoms with Crippen molar-refractivity contribution in [2.24, 2.45) is 0 Å². The number of anilines is 1. The van der Waals surface area contributed by atoms with E-state index in [1.165, 1.54) is 10.4 Å². The third-order valence-electron chi connectivity index (χ3n) is 4.75. The van der Waals surface area contributed by atoms with Crippen molar-refractivity contribution in [1.82, 2.24) is 4.31 Å². The van der Waals surface area contributed by atoms with Gasteiger partial charge in [0, 0.05) is 34.4 Å². The van der Waals surface area contributed by atoms with E-state index in [9.17, 15) is 13.2 Å². The number of sulfonamides is 1. The lowest BCUT2D eigenvalue weighted by molar-refractivity contribution is 0.102. The van der Waals surface area contributed by atoms with Gasteiger partial charge < -0.3 is 5.32 Å². The number of halogens is 2. The van der Waals surface area contributed by atoms with E-state index in [1.54, 1.807) is 37.3 Å². The molecule has 1 N–H and O–H groups in total. The number of amides is 1. The van der Waals surface area contributed by atoms with Gasteiger partial charge in [0.25, 0.3) is 5.91 Å². The highest BCUT2D eigenvalue weighted by Gasteiger charge is 2.27. The SMILES string of the molecule is Cc1ccc(C(=O)Nc2cc(Cl)cc(Cl)c2)cc1S(=O)(=O)N1CCCCCC1. The Hall–Kier alpha value is -1.60. The Balaban J connectivity index is 1.89.